The van der Waals surface area contributed by atoms with Crippen LogP contribution in [0.25, 0.3) is 28.0 Å². The molecule has 0 bridgehead atoms. The van der Waals surface area contributed by atoms with Gasteiger partial charge in [0.2, 0.25) is 0 Å². The van der Waals surface area contributed by atoms with Crippen LogP contribution >= 0.6 is 0 Å². The van der Waals surface area contributed by atoms with Gasteiger partial charge in [-0.3, -0.25) is 14.2 Å². The molecule has 192 valence electrons. The molecular formula is C27H16F6N4O. The summed E-state index contributed by atoms with van der Waals surface area (Å²) in [4.78, 5) is 22.0. The standard InChI is InChI=1S/C27H16F6N4O/c1-36(17-9-7-16(28)8-10-17)26(38)20-12-15(13-34-24(20)27(31,32)33)18-5-3-11-37-22(14-35-25(18)37)19-4-2-6-21(29)23(19)30/h2-14H,1H3. The highest BCUT2D eigenvalue weighted by molar-refractivity contribution is 6.07. The van der Waals surface area contributed by atoms with Gasteiger partial charge in [0.05, 0.1) is 17.5 Å². The van der Waals surface area contributed by atoms with Crippen molar-refractivity contribution >= 4 is 17.2 Å². The third kappa shape index (κ3) is 4.36. The highest BCUT2D eigenvalue weighted by Gasteiger charge is 2.38. The number of amides is 1. The second-order valence-corrected chi connectivity index (χ2v) is 8.32. The maximum Gasteiger partial charge on any atom is 0.434 e. The van der Waals surface area contributed by atoms with Crippen molar-refractivity contribution in [1.29, 1.82) is 0 Å². The second-order valence-electron chi connectivity index (χ2n) is 8.32. The molecule has 0 fully saturated rings. The van der Waals surface area contributed by atoms with Crippen molar-refractivity contribution in [2.45, 2.75) is 6.18 Å². The molecular weight excluding hydrogens is 510 g/mol. The van der Waals surface area contributed by atoms with E-state index in [4.69, 9.17) is 0 Å². The zero-order chi connectivity index (χ0) is 27.2. The summed E-state index contributed by atoms with van der Waals surface area (Å²) in [5, 5.41) is 0. The number of fused-ring (bicyclic) bond motifs is 1. The fourth-order valence-corrected chi connectivity index (χ4v) is 4.10. The minimum Gasteiger partial charge on any atom is -0.311 e. The van der Waals surface area contributed by atoms with Crippen molar-refractivity contribution < 1.29 is 31.1 Å². The number of carbonyl (C=O) groups is 1. The Morgan fingerprint density at radius 1 is 0.895 bits per heavy atom. The summed E-state index contributed by atoms with van der Waals surface area (Å²) in [5.41, 5.74) is -1.13. The van der Waals surface area contributed by atoms with Crippen LogP contribution in [0.3, 0.4) is 0 Å². The van der Waals surface area contributed by atoms with Gasteiger partial charge in [-0.15, -0.1) is 0 Å². The van der Waals surface area contributed by atoms with Crippen LogP contribution in [-0.4, -0.2) is 27.3 Å². The lowest BCUT2D eigenvalue weighted by Gasteiger charge is -2.20. The molecule has 0 atom stereocenters. The highest BCUT2D eigenvalue weighted by atomic mass is 19.4. The first-order chi connectivity index (χ1) is 18.1. The third-order valence-electron chi connectivity index (χ3n) is 5.98. The lowest BCUT2D eigenvalue weighted by Crippen LogP contribution is -2.29. The molecule has 5 rings (SSSR count). The number of pyridine rings is 2. The number of rotatable bonds is 4. The van der Waals surface area contributed by atoms with Crippen molar-refractivity contribution in [3.05, 3.63) is 108 Å². The van der Waals surface area contributed by atoms with Crippen LogP contribution in [0.15, 0.2) is 79.3 Å². The molecule has 1 amide bonds. The quantitative estimate of drug-likeness (QED) is 0.243. The van der Waals surface area contributed by atoms with E-state index in [0.717, 1.165) is 35.4 Å². The van der Waals surface area contributed by atoms with Crippen LogP contribution in [0.1, 0.15) is 16.1 Å². The smallest absolute Gasteiger partial charge is 0.311 e. The van der Waals surface area contributed by atoms with Gasteiger partial charge in [-0.05, 0) is 54.6 Å². The Bertz CT molecular complexity index is 1680. The van der Waals surface area contributed by atoms with Crippen LogP contribution in [-0.2, 0) is 6.18 Å². The van der Waals surface area contributed by atoms with E-state index in [1.807, 2.05) is 0 Å². The van der Waals surface area contributed by atoms with E-state index in [9.17, 15) is 31.1 Å². The molecule has 0 saturated heterocycles. The molecule has 0 aliphatic carbocycles. The summed E-state index contributed by atoms with van der Waals surface area (Å²) in [5.74, 6) is -3.71. The summed E-state index contributed by atoms with van der Waals surface area (Å²) in [6.45, 7) is 0. The molecule has 11 heteroatoms. The van der Waals surface area contributed by atoms with Crippen molar-refractivity contribution in [2.24, 2.45) is 0 Å². The van der Waals surface area contributed by atoms with Crippen molar-refractivity contribution in [3.63, 3.8) is 0 Å². The maximum atomic E-state index is 14.5. The monoisotopic (exact) mass is 526 g/mol. The summed E-state index contributed by atoms with van der Waals surface area (Å²) < 4.78 is 84.5. The van der Waals surface area contributed by atoms with Crippen LogP contribution in [0.2, 0.25) is 0 Å². The number of nitrogens with zero attached hydrogens (tertiary/aromatic N) is 4. The van der Waals surface area contributed by atoms with E-state index in [0.29, 0.717) is 5.56 Å². The van der Waals surface area contributed by atoms with Crippen molar-refractivity contribution in [1.82, 2.24) is 14.4 Å². The second kappa shape index (κ2) is 9.33. The Hall–Kier alpha value is -4.67. The zero-order valence-electron chi connectivity index (χ0n) is 19.5. The predicted molar refractivity (Wildman–Crippen MR) is 128 cm³/mol. The first-order valence-corrected chi connectivity index (χ1v) is 11.1. The molecule has 0 aliphatic rings. The van der Waals surface area contributed by atoms with Gasteiger partial charge in [0.15, 0.2) is 17.3 Å². The van der Waals surface area contributed by atoms with Crippen LogP contribution < -0.4 is 4.90 Å². The third-order valence-corrected chi connectivity index (χ3v) is 5.98. The van der Waals surface area contributed by atoms with Gasteiger partial charge in [-0.2, -0.15) is 13.2 Å². The first-order valence-electron chi connectivity index (χ1n) is 11.1. The largest absolute Gasteiger partial charge is 0.434 e. The topological polar surface area (TPSA) is 50.5 Å². The van der Waals surface area contributed by atoms with Crippen LogP contribution in [0, 0.1) is 17.5 Å². The molecule has 0 aliphatic heterocycles. The van der Waals surface area contributed by atoms with E-state index in [2.05, 4.69) is 9.97 Å². The number of carbonyl (C=O) groups excluding carboxylic acids is 1. The Labute approximate surface area is 211 Å². The van der Waals surface area contributed by atoms with E-state index < -0.39 is 40.8 Å². The zero-order valence-corrected chi connectivity index (χ0v) is 19.5. The molecule has 0 spiro atoms. The molecule has 0 N–H and O–H groups in total. The maximum absolute atomic E-state index is 14.5. The molecule has 3 aromatic heterocycles. The number of aromatic nitrogens is 3. The molecule has 2 aromatic carbocycles. The normalized spacial score (nSPS) is 11.7. The number of halogens is 6. The molecule has 0 unspecified atom stereocenters. The fraction of sp³-hybridized carbons (Fsp3) is 0.0741. The van der Waals surface area contributed by atoms with Crippen LogP contribution in [0.5, 0.6) is 0 Å². The van der Waals surface area contributed by atoms with E-state index in [-0.39, 0.29) is 28.2 Å². The number of alkyl halides is 3. The number of benzene rings is 2. The Balaban J connectivity index is 1.64. The molecule has 3 heterocycles. The number of hydrogen-bond acceptors (Lipinski definition) is 3. The van der Waals surface area contributed by atoms with E-state index in [1.165, 1.54) is 48.1 Å². The van der Waals surface area contributed by atoms with Gasteiger partial charge in [0.25, 0.3) is 5.91 Å². The average molecular weight is 526 g/mol. The van der Waals surface area contributed by atoms with Gasteiger partial charge in [0, 0.05) is 41.8 Å². The average Bonchev–Trinajstić information content (AvgIpc) is 3.33. The van der Waals surface area contributed by atoms with E-state index >= 15 is 0 Å². The summed E-state index contributed by atoms with van der Waals surface area (Å²) >= 11 is 0. The Morgan fingerprint density at radius 3 is 2.32 bits per heavy atom. The minimum atomic E-state index is -4.94. The number of anilines is 1. The predicted octanol–water partition coefficient (Wildman–Crippen LogP) is 6.78. The number of hydrogen-bond donors (Lipinski definition) is 0. The number of imidazole rings is 1. The van der Waals surface area contributed by atoms with Gasteiger partial charge in [-0.25, -0.2) is 18.2 Å². The molecule has 5 nitrogen and oxygen atoms in total. The van der Waals surface area contributed by atoms with E-state index in [1.54, 1.807) is 12.1 Å². The fourth-order valence-electron chi connectivity index (χ4n) is 4.10. The molecule has 0 saturated carbocycles. The SMILES string of the molecule is CN(C(=O)c1cc(-c2cccn3c(-c4cccc(F)c4F)cnc23)cnc1C(F)(F)F)c1ccc(F)cc1. The van der Waals surface area contributed by atoms with Gasteiger partial charge < -0.3 is 4.90 Å². The Morgan fingerprint density at radius 2 is 1.61 bits per heavy atom. The minimum absolute atomic E-state index is 0.0583. The molecule has 38 heavy (non-hydrogen) atoms. The highest BCUT2D eigenvalue weighted by Crippen LogP contribution is 2.35. The first kappa shape index (κ1) is 25.0. The van der Waals surface area contributed by atoms with Crippen molar-refractivity contribution in [2.75, 3.05) is 11.9 Å². The molecule has 0 radical (unpaired) electrons. The van der Waals surface area contributed by atoms with Crippen molar-refractivity contribution in [3.8, 4) is 22.4 Å². The Kier molecular flexibility index (Phi) is 6.14. The lowest BCUT2D eigenvalue weighted by molar-refractivity contribution is -0.141. The van der Waals surface area contributed by atoms with Crippen LogP contribution in [0.4, 0.5) is 32.0 Å². The summed E-state index contributed by atoms with van der Waals surface area (Å²) in [6, 6.07) is 12.5. The lowest BCUT2D eigenvalue weighted by atomic mass is 10.0. The van der Waals surface area contributed by atoms with Gasteiger partial charge in [0.1, 0.15) is 11.5 Å². The summed E-state index contributed by atoms with van der Waals surface area (Å²) in [6.07, 6.45) is -1.13. The summed E-state index contributed by atoms with van der Waals surface area (Å²) in [7, 11) is 1.26. The van der Waals surface area contributed by atoms with Gasteiger partial charge >= 0.3 is 6.18 Å². The molecule has 5 aromatic rings. The van der Waals surface area contributed by atoms with Gasteiger partial charge in [-0.1, -0.05) is 6.07 Å².